The number of hydrogen-bond acceptors (Lipinski definition) is 15. The van der Waals surface area contributed by atoms with Gasteiger partial charge in [0.25, 0.3) is 0 Å². The van der Waals surface area contributed by atoms with Gasteiger partial charge in [0.05, 0.1) is 40.8 Å². The highest BCUT2D eigenvalue weighted by Crippen LogP contribution is 2.34. The van der Waals surface area contributed by atoms with Crippen LogP contribution in [-0.2, 0) is 116 Å². The number of rotatable bonds is 16. The molecule has 8 heterocycles. The van der Waals surface area contributed by atoms with Crippen molar-refractivity contribution in [2.75, 3.05) is 26.2 Å². The van der Waals surface area contributed by atoms with Crippen LogP contribution in [0.2, 0.25) is 0 Å². The summed E-state index contributed by atoms with van der Waals surface area (Å²) in [5, 5.41) is 19.9. The summed E-state index contributed by atoms with van der Waals surface area (Å²) in [5.41, 5.74) is 24.6. The van der Waals surface area contributed by atoms with Gasteiger partial charge < -0.3 is 60.8 Å². The van der Waals surface area contributed by atoms with E-state index in [4.69, 9.17) is 22.9 Å². The molecule has 0 fully saturated rings. The van der Waals surface area contributed by atoms with Gasteiger partial charge in [-0.05, 0) is 135 Å². The van der Waals surface area contributed by atoms with Crippen LogP contribution in [0.4, 0.5) is 79.0 Å². The summed E-state index contributed by atoms with van der Waals surface area (Å²) in [7, 11) is 0. The lowest BCUT2D eigenvalue weighted by Gasteiger charge is -2.29. The van der Waals surface area contributed by atoms with Crippen LogP contribution in [0.3, 0.4) is 0 Å². The number of imidazole rings is 1. The number of fused-ring (bicyclic) bond motifs is 4. The van der Waals surface area contributed by atoms with Crippen LogP contribution in [0.25, 0.3) is 0 Å². The Labute approximate surface area is 617 Å². The van der Waals surface area contributed by atoms with E-state index in [1.165, 1.54) is 14.7 Å². The van der Waals surface area contributed by atoms with Crippen molar-refractivity contribution in [2.24, 2.45) is 22.9 Å². The molecule has 0 saturated carbocycles. The minimum Gasteiger partial charge on any atom is -0.333 e. The third-order valence-electron chi connectivity index (χ3n) is 17.3. The molecule has 4 aromatic heterocycles. The van der Waals surface area contributed by atoms with Gasteiger partial charge >= 0.3 is 18.5 Å². The van der Waals surface area contributed by atoms with Crippen LogP contribution in [0.1, 0.15) is 94.4 Å². The molecule has 23 nitrogen and oxygen atoms in total. The molecule has 8 aromatic rings. The second-order valence-corrected chi connectivity index (χ2v) is 27.2. The van der Waals surface area contributed by atoms with Gasteiger partial charge in [-0.25, -0.2) is 44.5 Å². The zero-order chi connectivity index (χ0) is 79.2. The Kier molecular flexibility index (Phi) is 26.6. The van der Waals surface area contributed by atoms with Crippen molar-refractivity contribution >= 4 is 55.5 Å². The minimum atomic E-state index is -4.64. The van der Waals surface area contributed by atoms with E-state index < -0.39 is 130 Å². The molecule has 0 spiro atoms. The van der Waals surface area contributed by atoms with Gasteiger partial charge in [-0.1, -0.05) is 0 Å². The van der Waals surface area contributed by atoms with E-state index in [1.54, 1.807) is 4.90 Å². The number of carbonyl (C=O) groups is 4. The summed E-state index contributed by atoms with van der Waals surface area (Å²) < 4.78 is 242. The SMILES string of the molecule is Cc1cn2c(n1)CN(C(=O)C[C@H](N)Cc1cc(F)c(Br)cc1F)CC2.N[C@@H](CC(=O)N1CCn2c(nnc2C(F)(F)F)C1)Cc1cc(F)c(Br)cc1F.N[C@@H](CC(=O)N1CCn2c(nnc2C(F)(F)F)C1)Cc1cc(F)c(F)cc1F.N[C@@H](CC(=O)N1CCn2c(nnc2C(F)(F)F)C1)Cc1cc(F)ccc1F. The van der Waals surface area contributed by atoms with Crippen molar-refractivity contribution in [3.8, 4) is 0 Å². The van der Waals surface area contributed by atoms with Crippen molar-refractivity contribution in [2.45, 2.75) is 153 Å². The number of aromatic nitrogens is 11. The van der Waals surface area contributed by atoms with Crippen molar-refractivity contribution in [3.05, 3.63) is 191 Å². The first-order valence-corrected chi connectivity index (χ1v) is 34.2. The first kappa shape index (κ1) is 83.0. The first-order valence-electron chi connectivity index (χ1n) is 32.6. The molecule has 4 aliphatic heterocycles. The highest BCUT2D eigenvalue weighted by Gasteiger charge is 2.43. The van der Waals surface area contributed by atoms with E-state index in [1.807, 2.05) is 17.7 Å². The molecule has 43 heteroatoms. The second-order valence-electron chi connectivity index (χ2n) is 25.5. The van der Waals surface area contributed by atoms with Gasteiger partial charge in [-0.3, -0.25) is 19.2 Å². The fourth-order valence-electron chi connectivity index (χ4n) is 12.0. The first-order chi connectivity index (χ1) is 50.6. The summed E-state index contributed by atoms with van der Waals surface area (Å²) in [6.07, 6.45) is -12.6. The average Bonchev–Trinajstić information content (AvgIpc) is 1.64. The molecule has 4 aromatic carbocycles. The number of benzene rings is 4. The van der Waals surface area contributed by atoms with Crippen molar-refractivity contribution < 1.29 is 98.2 Å². The molecular weight excluding hydrogens is 1610 g/mol. The largest absolute Gasteiger partial charge is 0.451 e. The maximum atomic E-state index is 13.9. The van der Waals surface area contributed by atoms with E-state index in [0.717, 1.165) is 67.7 Å². The number of nitrogens with two attached hydrogens (primary N) is 4. The van der Waals surface area contributed by atoms with Crippen LogP contribution in [0.15, 0.2) is 69.7 Å². The molecule has 0 bridgehead atoms. The third kappa shape index (κ3) is 21.2. The highest BCUT2D eigenvalue weighted by molar-refractivity contribution is 9.10. The monoisotopic (exact) mass is 1680 g/mol. The van der Waals surface area contributed by atoms with Gasteiger partial charge in [0.1, 0.15) is 46.5 Å². The number of aryl methyl sites for hydroxylation is 1. The Balaban J connectivity index is 0.000000166. The van der Waals surface area contributed by atoms with E-state index in [9.17, 15) is 98.2 Å². The number of alkyl halides is 9. The maximum Gasteiger partial charge on any atom is 0.451 e. The lowest BCUT2D eigenvalue weighted by atomic mass is 10.0. The topological polar surface area (TPSA) is 295 Å². The van der Waals surface area contributed by atoms with Crippen molar-refractivity contribution in [1.29, 1.82) is 0 Å². The van der Waals surface area contributed by atoms with Gasteiger partial charge in [-0.15, -0.1) is 30.6 Å². The van der Waals surface area contributed by atoms with E-state index in [2.05, 4.69) is 67.4 Å². The van der Waals surface area contributed by atoms with Crippen LogP contribution >= 0.6 is 31.9 Å². The van der Waals surface area contributed by atoms with E-state index in [0.29, 0.717) is 31.8 Å². The quantitative estimate of drug-likeness (QED) is 0.0518. The number of hydrogen-bond donors (Lipinski definition) is 4. The Morgan fingerprint density at radius 1 is 0.389 bits per heavy atom. The molecular formula is C65H65Br2F18N19O4. The molecule has 0 radical (unpaired) electrons. The number of halogens is 20. The lowest BCUT2D eigenvalue weighted by Crippen LogP contribution is -2.42. The zero-order valence-corrected chi connectivity index (χ0v) is 59.6. The lowest BCUT2D eigenvalue weighted by molar-refractivity contribution is -0.149. The standard InChI is InChI=1S/C17H19BrF2N4O.C16H15BrF5N5O.C16H15F6N5O.C16H16F5N5O/c1-10-8-23-2-3-24(9-16(23)22-10)17(25)6-12(21)4-11-5-15(20)13(18)7-14(11)19;17-10-6-11(18)8(4-12(10)19)3-9(23)5-14(28)26-1-2-27-13(7-26)24-25-15(27)16(20,21)22;17-10-6-12(19)11(18)4-8(10)3-9(23)5-14(28)26-1-2-27-13(7-26)24-25-15(27)16(20,21)22;17-10-1-2-12(18)9(5-10)6-11(22)7-14(27)25-3-4-26-13(8-25)23-24-15(26)16(19,20)21/h5,7-8,12H,2-4,6,9,21H2,1H3;2*4,6,9H,1-3,5,7,23H2;1-2,5,11H,3-4,6-8,22H2/t12-;2*9-;11-/m1111/s1. The molecule has 108 heavy (non-hydrogen) atoms. The fourth-order valence-corrected chi connectivity index (χ4v) is 12.7. The second kappa shape index (κ2) is 34.7. The summed E-state index contributed by atoms with van der Waals surface area (Å²) >= 11 is 5.81. The Morgan fingerprint density at radius 3 is 1.05 bits per heavy atom. The molecule has 4 amide bonds. The Bertz CT molecular complexity index is 4440. The third-order valence-corrected chi connectivity index (χ3v) is 18.5. The fraction of sp³-hybridized carbons (Fsp3) is 0.431. The van der Waals surface area contributed by atoms with Gasteiger partial charge in [0, 0.05) is 114 Å². The van der Waals surface area contributed by atoms with Gasteiger partial charge in [0.2, 0.25) is 41.1 Å². The smallest absolute Gasteiger partial charge is 0.333 e. The number of nitrogens with zero attached hydrogens (tertiary/aromatic N) is 15. The van der Waals surface area contributed by atoms with Crippen LogP contribution in [0, 0.1) is 59.3 Å². The molecule has 0 unspecified atom stereocenters. The maximum absolute atomic E-state index is 13.9. The zero-order valence-electron chi connectivity index (χ0n) is 56.4. The molecule has 8 N–H and O–H groups in total. The molecule has 0 aliphatic carbocycles. The van der Waals surface area contributed by atoms with E-state index in [-0.39, 0.29) is 165 Å². The van der Waals surface area contributed by atoms with E-state index >= 15 is 0 Å². The molecule has 0 saturated heterocycles. The van der Waals surface area contributed by atoms with Crippen LogP contribution in [-0.4, -0.2) is 147 Å². The Hall–Kier alpha value is -9.07. The van der Waals surface area contributed by atoms with Crippen LogP contribution < -0.4 is 22.9 Å². The molecule has 12 rings (SSSR count). The molecule has 4 atom stereocenters. The minimum absolute atomic E-state index is 0.000783. The average molecular weight is 1680 g/mol. The van der Waals surface area contributed by atoms with Crippen molar-refractivity contribution in [3.63, 3.8) is 0 Å². The number of amides is 4. The summed E-state index contributed by atoms with van der Waals surface area (Å²) in [6, 6.07) is 5.21. The predicted molar refractivity (Wildman–Crippen MR) is 350 cm³/mol. The number of carbonyl (C=O) groups excluding carboxylic acids is 4. The normalized spacial score (nSPS) is 15.4. The Morgan fingerprint density at radius 2 is 0.694 bits per heavy atom. The summed E-state index contributed by atoms with van der Waals surface area (Å²) in [6.45, 7) is 3.01. The molecule has 584 valence electrons. The van der Waals surface area contributed by atoms with Crippen LogP contribution in [0.5, 0.6) is 0 Å². The highest BCUT2D eigenvalue weighted by atomic mass is 79.9. The molecule has 4 aliphatic rings. The summed E-state index contributed by atoms with van der Waals surface area (Å²) in [5.74, 6) is -10.9. The summed E-state index contributed by atoms with van der Waals surface area (Å²) in [4.78, 5) is 59.6. The van der Waals surface area contributed by atoms with Gasteiger partial charge in [0.15, 0.2) is 29.1 Å². The van der Waals surface area contributed by atoms with Crippen molar-refractivity contribution in [1.82, 2.24) is 73.4 Å². The van der Waals surface area contributed by atoms with Gasteiger partial charge in [-0.2, -0.15) is 39.5 Å². The predicted octanol–water partition coefficient (Wildman–Crippen LogP) is 9.07.